The normalized spacial score (nSPS) is 10.7. The fourth-order valence-electron chi connectivity index (χ4n) is 3.06. The van der Waals surface area contributed by atoms with E-state index in [1.165, 1.54) is 25.1 Å². The molecule has 0 aliphatic rings. The zero-order chi connectivity index (χ0) is 23.4. The molecule has 172 valence electrons. The number of nitrogens with one attached hydrogen (secondary N) is 3. The summed E-state index contributed by atoms with van der Waals surface area (Å²) in [5.74, 6) is 2.23. The molecule has 11 nitrogen and oxygen atoms in total. The lowest BCUT2D eigenvalue weighted by Crippen LogP contribution is -2.00. The highest BCUT2D eigenvalue weighted by Gasteiger charge is 2.18. The van der Waals surface area contributed by atoms with Crippen LogP contribution in [0.2, 0.25) is 0 Å². The number of nitrogens with zero attached hydrogens (tertiary/aromatic N) is 2. The van der Waals surface area contributed by atoms with Crippen LogP contribution >= 0.6 is 11.9 Å². The van der Waals surface area contributed by atoms with Crippen LogP contribution in [-0.2, 0) is 4.74 Å². The molecule has 2 heterocycles. The van der Waals surface area contributed by atoms with Crippen molar-refractivity contribution < 1.29 is 28.3 Å². The number of hydrogen-bond acceptors (Lipinski definition) is 11. The zero-order valence-corrected chi connectivity index (χ0v) is 19.0. The number of H-pyrrole nitrogens is 1. The van der Waals surface area contributed by atoms with Crippen LogP contribution in [0.5, 0.6) is 17.2 Å². The minimum atomic E-state index is -0.520. The number of aromatic nitrogens is 3. The second-order valence-electron chi connectivity index (χ2n) is 6.56. The number of benzene rings is 2. The van der Waals surface area contributed by atoms with Crippen LogP contribution in [0.3, 0.4) is 0 Å². The summed E-state index contributed by atoms with van der Waals surface area (Å²) in [5, 5.41) is 14.6. The van der Waals surface area contributed by atoms with E-state index in [9.17, 15) is 4.79 Å². The second kappa shape index (κ2) is 9.61. The number of carbonyl (C=O) groups is 1. The molecule has 2 aromatic carbocycles. The molecule has 0 aliphatic carbocycles. The fraction of sp³-hybridized carbons (Fsp3) is 0.190. The first-order chi connectivity index (χ1) is 16.1. The highest BCUT2D eigenvalue weighted by atomic mass is 32.2. The molecule has 0 saturated heterocycles. The fourth-order valence-corrected chi connectivity index (χ4v) is 3.91. The van der Waals surface area contributed by atoms with Gasteiger partial charge in [0.25, 0.3) is 0 Å². The summed E-state index contributed by atoms with van der Waals surface area (Å²) in [5.41, 5.74) is 1.31. The first kappa shape index (κ1) is 22.1. The maximum atomic E-state index is 11.6. The van der Waals surface area contributed by atoms with Crippen molar-refractivity contribution in [3.05, 3.63) is 42.1 Å². The summed E-state index contributed by atoms with van der Waals surface area (Å²) >= 11 is 1.29. The Morgan fingerprint density at radius 1 is 1.03 bits per heavy atom. The number of aromatic amines is 1. The lowest BCUT2D eigenvalue weighted by molar-refractivity contribution is 0.0594. The topological polar surface area (TPSA) is 133 Å². The van der Waals surface area contributed by atoms with Crippen molar-refractivity contribution in [1.29, 1.82) is 0 Å². The van der Waals surface area contributed by atoms with E-state index >= 15 is 0 Å². The predicted molar refractivity (Wildman–Crippen MR) is 123 cm³/mol. The van der Waals surface area contributed by atoms with Crippen LogP contribution in [-0.4, -0.2) is 49.8 Å². The maximum absolute atomic E-state index is 11.6. The molecule has 0 radical (unpaired) electrons. The Bertz CT molecular complexity index is 1270. The molecule has 0 atom stereocenters. The molecule has 12 heteroatoms. The van der Waals surface area contributed by atoms with Crippen LogP contribution in [0.25, 0.3) is 11.0 Å². The summed E-state index contributed by atoms with van der Waals surface area (Å²) in [6.07, 6.45) is 0. The molecule has 4 aromatic rings. The van der Waals surface area contributed by atoms with Crippen molar-refractivity contribution in [3.63, 3.8) is 0 Å². The van der Waals surface area contributed by atoms with Gasteiger partial charge < -0.3 is 33.5 Å². The minimum absolute atomic E-state index is 0.218. The molecule has 0 fully saturated rings. The van der Waals surface area contributed by atoms with Crippen molar-refractivity contribution in [2.75, 3.05) is 38.5 Å². The first-order valence-electron chi connectivity index (χ1n) is 9.60. The van der Waals surface area contributed by atoms with Gasteiger partial charge in [0.05, 0.1) is 39.5 Å². The summed E-state index contributed by atoms with van der Waals surface area (Å²) < 4.78 is 29.7. The first-order valence-corrected chi connectivity index (χ1v) is 10.4. The van der Waals surface area contributed by atoms with Crippen LogP contribution < -0.4 is 24.2 Å². The van der Waals surface area contributed by atoms with Gasteiger partial charge in [-0.05, 0) is 30.1 Å². The third-order valence-electron chi connectivity index (χ3n) is 4.67. The van der Waals surface area contributed by atoms with Crippen molar-refractivity contribution in [2.24, 2.45) is 0 Å². The Morgan fingerprint density at radius 3 is 2.42 bits per heavy atom. The second-order valence-corrected chi connectivity index (χ2v) is 7.38. The molecule has 0 spiro atoms. The largest absolute Gasteiger partial charge is 0.495 e. The van der Waals surface area contributed by atoms with E-state index in [0.29, 0.717) is 45.5 Å². The highest BCUT2D eigenvalue weighted by molar-refractivity contribution is 8.00. The smallest absolute Gasteiger partial charge is 0.356 e. The summed E-state index contributed by atoms with van der Waals surface area (Å²) in [6, 6.07) is 10.6. The Labute approximate surface area is 192 Å². The number of rotatable bonds is 9. The third kappa shape index (κ3) is 4.46. The van der Waals surface area contributed by atoms with Gasteiger partial charge in [0.2, 0.25) is 0 Å². The number of hydrogen-bond donors (Lipinski definition) is 3. The van der Waals surface area contributed by atoms with Gasteiger partial charge in [0, 0.05) is 12.1 Å². The van der Waals surface area contributed by atoms with Crippen molar-refractivity contribution in [1.82, 2.24) is 15.4 Å². The zero-order valence-electron chi connectivity index (χ0n) is 18.2. The van der Waals surface area contributed by atoms with E-state index in [4.69, 9.17) is 18.7 Å². The maximum Gasteiger partial charge on any atom is 0.356 e. The van der Waals surface area contributed by atoms with Gasteiger partial charge >= 0.3 is 5.97 Å². The van der Waals surface area contributed by atoms with Crippen LogP contribution in [0, 0.1) is 0 Å². The van der Waals surface area contributed by atoms with Crippen LogP contribution in [0.1, 0.15) is 10.5 Å². The van der Waals surface area contributed by atoms with E-state index in [0.717, 1.165) is 4.90 Å². The van der Waals surface area contributed by atoms with E-state index in [-0.39, 0.29) is 5.69 Å². The number of anilines is 3. The molecule has 2 aromatic heterocycles. The molecule has 3 N–H and O–H groups in total. The summed E-state index contributed by atoms with van der Waals surface area (Å²) in [6.45, 7) is 0. The van der Waals surface area contributed by atoms with Gasteiger partial charge in [0.1, 0.15) is 27.8 Å². The highest BCUT2D eigenvalue weighted by Crippen LogP contribution is 2.40. The average molecular weight is 471 g/mol. The number of methoxy groups -OCH3 is 4. The third-order valence-corrected chi connectivity index (χ3v) is 5.57. The minimum Gasteiger partial charge on any atom is -0.495 e. The average Bonchev–Trinajstić information content (AvgIpc) is 3.48. The number of fused-ring (bicyclic) bond motifs is 1. The predicted octanol–water partition coefficient (Wildman–Crippen LogP) is 4.23. The van der Waals surface area contributed by atoms with Gasteiger partial charge in [0.15, 0.2) is 17.2 Å². The van der Waals surface area contributed by atoms with Gasteiger partial charge in [-0.3, -0.25) is 5.10 Å². The molecular formula is C21H21N5O6S. The molecule has 0 aliphatic heterocycles. The van der Waals surface area contributed by atoms with E-state index < -0.39 is 5.97 Å². The number of ether oxygens (including phenoxy) is 4. The lowest BCUT2D eigenvalue weighted by Gasteiger charge is -2.12. The van der Waals surface area contributed by atoms with Crippen molar-refractivity contribution in [3.8, 4) is 17.2 Å². The SMILES string of the molecule is COC(=O)c1cc(Nc2cc3onc(NSc4c(OC)cccc4OC)c3cc2OC)n[nH]1. The van der Waals surface area contributed by atoms with Gasteiger partial charge in [-0.25, -0.2) is 4.79 Å². The van der Waals surface area contributed by atoms with Gasteiger partial charge in [-0.2, -0.15) is 5.10 Å². The van der Waals surface area contributed by atoms with E-state index in [2.05, 4.69) is 30.1 Å². The Balaban J connectivity index is 1.59. The van der Waals surface area contributed by atoms with Crippen molar-refractivity contribution in [2.45, 2.75) is 4.90 Å². The number of carbonyl (C=O) groups excluding carboxylic acids is 1. The molecule has 4 rings (SSSR count). The quantitative estimate of drug-likeness (QED) is 0.239. The molecule has 33 heavy (non-hydrogen) atoms. The Morgan fingerprint density at radius 2 is 1.76 bits per heavy atom. The van der Waals surface area contributed by atoms with E-state index in [1.807, 2.05) is 18.2 Å². The summed E-state index contributed by atoms with van der Waals surface area (Å²) in [4.78, 5) is 12.4. The molecular weight excluding hydrogens is 450 g/mol. The monoisotopic (exact) mass is 471 g/mol. The molecule has 0 saturated carbocycles. The molecule has 0 bridgehead atoms. The number of esters is 1. The van der Waals surface area contributed by atoms with Gasteiger partial charge in [-0.1, -0.05) is 11.2 Å². The van der Waals surface area contributed by atoms with Gasteiger partial charge in [-0.15, -0.1) is 0 Å². The lowest BCUT2D eigenvalue weighted by atomic mass is 10.2. The van der Waals surface area contributed by atoms with E-state index in [1.54, 1.807) is 33.5 Å². The molecule has 0 amide bonds. The van der Waals surface area contributed by atoms with Crippen LogP contribution in [0.15, 0.2) is 45.8 Å². The molecule has 0 unspecified atom stereocenters. The van der Waals surface area contributed by atoms with Crippen LogP contribution in [0.4, 0.5) is 17.3 Å². The standard InChI is InChI=1S/C21H21N5O6S/c1-28-14-6-5-7-15(29-2)19(14)33-26-20-11-8-17(30-3)12(9-16(11)32-25-20)22-18-10-13(23-24-18)21(27)31-4/h5-10H,1-4H3,(H,25,26)(H2,22,23,24). The summed E-state index contributed by atoms with van der Waals surface area (Å²) in [7, 11) is 6.03. The Kier molecular flexibility index (Phi) is 6.45. The van der Waals surface area contributed by atoms with Crippen molar-refractivity contribution >= 4 is 46.2 Å². The Hall–Kier alpha value is -4.06.